The van der Waals surface area contributed by atoms with E-state index >= 15 is 0 Å². The largest absolute Gasteiger partial charge is 0.462 e. The molecule has 0 heterocycles. The summed E-state index contributed by atoms with van der Waals surface area (Å²) in [6.45, 7) is 2.48. The molecule has 0 saturated carbocycles. The van der Waals surface area contributed by atoms with Gasteiger partial charge < -0.3 is 10.1 Å². The molecule has 6 heteroatoms. The lowest BCUT2D eigenvalue weighted by Crippen LogP contribution is -2.05. The topological polar surface area (TPSA) is 80.1 Å². The first-order valence-corrected chi connectivity index (χ1v) is 7.72. The number of esters is 1. The van der Waals surface area contributed by atoms with Gasteiger partial charge in [0.2, 0.25) is 6.41 Å². The lowest BCUT2D eigenvalue weighted by atomic mass is 10.2. The Morgan fingerprint density at radius 3 is 2.17 bits per heavy atom. The lowest BCUT2D eigenvalue weighted by Gasteiger charge is -2.03. The van der Waals surface area contributed by atoms with Crippen molar-refractivity contribution in [3.05, 3.63) is 54.1 Å². The molecule has 0 bridgehead atoms. The summed E-state index contributed by atoms with van der Waals surface area (Å²) in [5, 5.41) is 10.8. The molecule has 1 N–H and O–H groups in total. The zero-order valence-corrected chi connectivity index (χ0v) is 13.4. The fourth-order valence-corrected chi connectivity index (χ4v) is 1.86. The number of rotatable bonds is 8. The Labute approximate surface area is 140 Å². The summed E-state index contributed by atoms with van der Waals surface area (Å²) in [6.07, 6.45) is 2.46. The van der Waals surface area contributed by atoms with Crippen LogP contribution in [0.4, 0.5) is 17.1 Å². The third-order valence-electron chi connectivity index (χ3n) is 3.21. The zero-order chi connectivity index (χ0) is 17.2. The number of azo groups is 1. The second kappa shape index (κ2) is 9.19. The molecule has 0 spiro atoms. The van der Waals surface area contributed by atoms with E-state index in [-0.39, 0.29) is 5.97 Å². The maximum atomic E-state index is 11.8. The highest BCUT2D eigenvalue weighted by Crippen LogP contribution is 2.20. The molecule has 0 aliphatic carbocycles. The number of anilines is 1. The summed E-state index contributed by atoms with van der Waals surface area (Å²) in [5.41, 5.74) is 2.48. The van der Waals surface area contributed by atoms with Crippen LogP contribution in [0.3, 0.4) is 0 Å². The number of ether oxygens (including phenoxy) is 1. The highest BCUT2D eigenvalue weighted by atomic mass is 16.5. The van der Waals surface area contributed by atoms with E-state index in [1.54, 1.807) is 48.5 Å². The van der Waals surface area contributed by atoms with Crippen LogP contribution in [-0.4, -0.2) is 19.0 Å². The van der Waals surface area contributed by atoms with Gasteiger partial charge in [0, 0.05) is 5.69 Å². The molecule has 124 valence electrons. The average molecular weight is 325 g/mol. The van der Waals surface area contributed by atoms with E-state index in [4.69, 9.17) is 4.74 Å². The van der Waals surface area contributed by atoms with Crippen molar-refractivity contribution in [3.63, 3.8) is 0 Å². The number of nitrogens with one attached hydrogen (secondary N) is 1. The van der Waals surface area contributed by atoms with Crippen LogP contribution in [0.15, 0.2) is 58.8 Å². The lowest BCUT2D eigenvalue weighted by molar-refractivity contribution is -0.105. The van der Waals surface area contributed by atoms with Crippen LogP contribution in [0.1, 0.15) is 30.1 Å². The van der Waals surface area contributed by atoms with Crippen molar-refractivity contribution in [2.45, 2.75) is 19.8 Å². The number of hydrogen-bond donors (Lipinski definition) is 1. The number of carbonyl (C=O) groups excluding carboxylic acids is 2. The second-order valence-electron chi connectivity index (χ2n) is 5.05. The Morgan fingerprint density at radius 1 is 1.04 bits per heavy atom. The number of hydrogen-bond acceptors (Lipinski definition) is 5. The maximum absolute atomic E-state index is 11.8. The van der Waals surface area contributed by atoms with Gasteiger partial charge in [0.25, 0.3) is 0 Å². The van der Waals surface area contributed by atoms with Crippen LogP contribution in [0.25, 0.3) is 0 Å². The van der Waals surface area contributed by atoms with E-state index in [9.17, 15) is 9.59 Å². The number of unbranched alkanes of at least 4 members (excludes halogenated alkanes) is 1. The quantitative estimate of drug-likeness (QED) is 0.332. The summed E-state index contributed by atoms with van der Waals surface area (Å²) in [7, 11) is 0. The Kier molecular flexibility index (Phi) is 6.64. The van der Waals surface area contributed by atoms with Crippen molar-refractivity contribution in [2.24, 2.45) is 10.2 Å². The van der Waals surface area contributed by atoms with Gasteiger partial charge in [0.1, 0.15) is 0 Å². The Balaban J connectivity index is 1.95. The first kappa shape index (κ1) is 17.3. The average Bonchev–Trinajstić information content (AvgIpc) is 2.62. The van der Waals surface area contributed by atoms with E-state index in [1.165, 1.54) is 0 Å². The third-order valence-corrected chi connectivity index (χ3v) is 3.21. The Hall–Kier alpha value is -3.02. The zero-order valence-electron chi connectivity index (χ0n) is 13.4. The summed E-state index contributed by atoms with van der Waals surface area (Å²) >= 11 is 0. The van der Waals surface area contributed by atoms with Crippen molar-refractivity contribution in [3.8, 4) is 0 Å². The minimum Gasteiger partial charge on any atom is -0.462 e. The molecule has 0 radical (unpaired) electrons. The van der Waals surface area contributed by atoms with E-state index in [0.717, 1.165) is 12.8 Å². The molecule has 2 rings (SSSR count). The SMILES string of the molecule is CCCCOC(=O)c1ccc(N=Nc2ccc(NC=O)cc2)cc1. The highest BCUT2D eigenvalue weighted by molar-refractivity contribution is 5.89. The number of benzene rings is 2. The minimum atomic E-state index is -0.329. The van der Waals surface area contributed by atoms with E-state index in [1.807, 2.05) is 6.92 Å². The molecular weight excluding hydrogens is 306 g/mol. The molecule has 24 heavy (non-hydrogen) atoms. The third kappa shape index (κ3) is 5.31. The van der Waals surface area contributed by atoms with Crippen LogP contribution in [-0.2, 0) is 9.53 Å². The van der Waals surface area contributed by atoms with E-state index in [0.29, 0.717) is 35.6 Å². The molecule has 0 aromatic heterocycles. The molecule has 0 fully saturated rings. The van der Waals surface area contributed by atoms with E-state index in [2.05, 4.69) is 15.5 Å². The summed E-state index contributed by atoms with van der Waals surface area (Å²) in [5.74, 6) is -0.329. The molecular formula is C18H19N3O3. The minimum absolute atomic E-state index is 0.329. The van der Waals surface area contributed by atoms with Gasteiger partial charge in [-0.15, -0.1) is 0 Å². The number of carbonyl (C=O) groups is 2. The normalized spacial score (nSPS) is 10.5. The van der Waals surface area contributed by atoms with Crippen LogP contribution in [0, 0.1) is 0 Å². The molecule has 0 atom stereocenters. The summed E-state index contributed by atoms with van der Waals surface area (Å²) in [4.78, 5) is 22.1. The van der Waals surface area contributed by atoms with Crippen LogP contribution < -0.4 is 5.32 Å². The smallest absolute Gasteiger partial charge is 0.338 e. The number of amides is 1. The maximum Gasteiger partial charge on any atom is 0.338 e. The van der Waals surface area contributed by atoms with Crippen LogP contribution >= 0.6 is 0 Å². The molecule has 2 aromatic carbocycles. The first-order chi connectivity index (χ1) is 11.7. The molecule has 6 nitrogen and oxygen atoms in total. The van der Waals surface area contributed by atoms with Gasteiger partial charge in [-0.2, -0.15) is 10.2 Å². The molecule has 1 amide bonds. The fraction of sp³-hybridized carbons (Fsp3) is 0.222. The summed E-state index contributed by atoms with van der Waals surface area (Å²) in [6, 6.07) is 13.7. The van der Waals surface area contributed by atoms with Gasteiger partial charge in [-0.1, -0.05) is 13.3 Å². The van der Waals surface area contributed by atoms with E-state index < -0.39 is 0 Å². The van der Waals surface area contributed by atoms with Crippen molar-refractivity contribution < 1.29 is 14.3 Å². The van der Waals surface area contributed by atoms with Crippen molar-refractivity contribution >= 4 is 29.4 Å². The van der Waals surface area contributed by atoms with Gasteiger partial charge in [-0.3, -0.25) is 4.79 Å². The molecule has 0 aliphatic rings. The molecule has 0 saturated heterocycles. The van der Waals surface area contributed by atoms with Gasteiger partial charge in [-0.05, 0) is 55.0 Å². The van der Waals surface area contributed by atoms with Crippen LogP contribution in [0.2, 0.25) is 0 Å². The highest BCUT2D eigenvalue weighted by Gasteiger charge is 2.06. The van der Waals surface area contributed by atoms with Gasteiger partial charge in [0.15, 0.2) is 0 Å². The molecule has 2 aromatic rings. The molecule has 0 unspecified atom stereocenters. The van der Waals surface area contributed by atoms with Crippen molar-refractivity contribution in [1.82, 2.24) is 0 Å². The van der Waals surface area contributed by atoms with Crippen molar-refractivity contribution in [2.75, 3.05) is 11.9 Å². The second-order valence-corrected chi connectivity index (χ2v) is 5.05. The predicted molar refractivity (Wildman–Crippen MR) is 91.9 cm³/mol. The predicted octanol–water partition coefficient (Wildman–Crippen LogP) is 4.63. The van der Waals surface area contributed by atoms with Crippen molar-refractivity contribution in [1.29, 1.82) is 0 Å². The summed E-state index contributed by atoms with van der Waals surface area (Å²) < 4.78 is 5.14. The fourth-order valence-electron chi connectivity index (χ4n) is 1.86. The Morgan fingerprint density at radius 2 is 1.62 bits per heavy atom. The monoisotopic (exact) mass is 325 g/mol. The molecule has 0 aliphatic heterocycles. The first-order valence-electron chi connectivity index (χ1n) is 7.72. The van der Waals surface area contributed by atoms with Gasteiger partial charge in [0.05, 0.1) is 23.5 Å². The van der Waals surface area contributed by atoms with Crippen LogP contribution in [0.5, 0.6) is 0 Å². The van der Waals surface area contributed by atoms with Gasteiger partial charge in [-0.25, -0.2) is 4.79 Å². The van der Waals surface area contributed by atoms with Gasteiger partial charge >= 0.3 is 5.97 Å². The Bertz CT molecular complexity index is 694. The standard InChI is InChI=1S/C18H19N3O3/c1-2-3-12-24-18(23)14-4-6-16(7-5-14)20-21-17-10-8-15(9-11-17)19-13-22/h4-11,13H,2-3,12H2,1H3,(H,19,22). The number of nitrogens with zero attached hydrogens (tertiary/aromatic N) is 2.